The van der Waals surface area contributed by atoms with E-state index < -0.39 is 0 Å². The largest absolute Gasteiger partial charge is 0.497 e. The maximum atomic E-state index is 13.6. The fourth-order valence-electron chi connectivity index (χ4n) is 2.30. The van der Waals surface area contributed by atoms with Crippen LogP contribution in [0, 0.1) is 5.82 Å². The number of anilines is 2. The molecular formula is C17H12FN5OS2. The predicted molar refractivity (Wildman–Crippen MR) is 99.8 cm³/mol. The van der Waals surface area contributed by atoms with E-state index in [2.05, 4.69) is 25.5 Å². The summed E-state index contributed by atoms with van der Waals surface area (Å²) >= 11 is 2.71. The quantitative estimate of drug-likeness (QED) is 0.506. The van der Waals surface area contributed by atoms with Crippen molar-refractivity contribution < 1.29 is 9.13 Å². The number of fused-ring (bicyclic) bond motifs is 1. The number of hydrogen-bond acceptors (Lipinski definition) is 8. The molecule has 130 valence electrons. The number of nitrogens with zero attached hydrogens (tertiary/aromatic N) is 4. The highest BCUT2D eigenvalue weighted by atomic mass is 32.2. The first-order chi connectivity index (χ1) is 12.7. The van der Waals surface area contributed by atoms with Gasteiger partial charge in [-0.15, -0.1) is 10.2 Å². The van der Waals surface area contributed by atoms with Crippen molar-refractivity contribution >= 4 is 44.8 Å². The molecule has 4 aromatic rings. The lowest BCUT2D eigenvalue weighted by Gasteiger charge is -2.04. The third-order valence-corrected chi connectivity index (χ3v) is 5.38. The van der Waals surface area contributed by atoms with Gasteiger partial charge in [0.25, 0.3) is 0 Å². The van der Waals surface area contributed by atoms with Crippen LogP contribution in [0.4, 0.5) is 15.2 Å². The van der Waals surface area contributed by atoms with Crippen LogP contribution in [0.1, 0.15) is 0 Å². The van der Waals surface area contributed by atoms with Crippen molar-refractivity contribution in [1.82, 2.24) is 20.2 Å². The zero-order valence-electron chi connectivity index (χ0n) is 13.5. The van der Waals surface area contributed by atoms with Crippen molar-refractivity contribution in [3.05, 3.63) is 54.6 Å². The van der Waals surface area contributed by atoms with Crippen molar-refractivity contribution in [3.63, 3.8) is 0 Å². The molecule has 0 spiro atoms. The van der Waals surface area contributed by atoms with Gasteiger partial charge in [0, 0.05) is 17.1 Å². The molecule has 2 heterocycles. The smallest absolute Gasteiger partial charge is 0.210 e. The molecule has 0 atom stereocenters. The first kappa shape index (κ1) is 16.7. The number of halogens is 1. The number of ether oxygens (including phenoxy) is 1. The summed E-state index contributed by atoms with van der Waals surface area (Å²) in [6.45, 7) is 0. The number of rotatable bonds is 5. The first-order valence-electron chi connectivity index (χ1n) is 7.54. The summed E-state index contributed by atoms with van der Waals surface area (Å²) in [6, 6.07) is 12.0. The number of aromatic nitrogens is 4. The highest BCUT2D eigenvalue weighted by Gasteiger charge is 2.11. The summed E-state index contributed by atoms with van der Waals surface area (Å²) in [7, 11) is 1.62. The van der Waals surface area contributed by atoms with Crippen LogP contribution in [0.3, 0.4) is 0 Å². The fourth-order valence-corrected chi connectivity index (χ4v) is 4.05. The lowest BCUT2D eigenvalue weighted by molar-refractivity contribution is 0.415. The molecule has 6 nitrogen and oxygen atoms in total. The van der Waals surface area contributed by atoms with Crippen molar-refractivity contribution in [1.29, 1.82) is 0 Å². The van der Waals surface area contributed by atoms with Gasteiger partial charge in [0.05, 0.1) is 12.6 Å². The van der Waals surface area contributed by atoms with Crippen LogP contribution < -0.4 is 10.1 Å². The molecule has 26 heavy (non-hydrogen) atoms. The van der Waals surface area contributed by atoms with Crippen LogP contribution in [-0.2, 0) is 0 Å². The summed E-state index contributed by atoms with van der Waals surface area (Å²) in [6.07, 6.45) is 1.46. The van der Waals surface area contributed by atoms with Gasteiger partial charge < -0.3 is 10.1 Å². The van der Waals surface area contributed by atoms with Crippen LogP contribution in [0.25, 0.3) is 10.9 Å². The molecule has 0 bridgehead atoms. The van der Waals surface area contributed by atoms with E-state index >= 15 is 0 Å². The number of nitrogens with one attached hydrogen (secondary N) is 1. The molecule has 2 aromatic carbocycles. The van der Waals surface area contributed by atoms with Gasteiger partial charge in [0.1, 0.15) is 22.9 Å². The Balaban J connectivity index is 1.56. The molecule has 0 saturated carbocycles. The summed E-state index contributed by atoms with van der Waals surface area (Å²) in [5.74, 6) is 0.426. The summed E-state index contributed by atoms with van der Waals surface area (Å²) in [5.41, 5.74) is 1.54. The third-order valence-electron chi connectivity index (χ3n) is 3.47. The standard InChI is InChI=1S/C17H12FN5OS2/c1-24-12-4-2-3-11(8-12)21-16-22-23-17(26-16)25-15-13-7-10(18)5-6-14(13)19-9-20-15/h2-9H,1H3,(H,21,22). The molecule has 0 amide bonds. The average molecular weight is 385 g/mol. The first-order valence-corrected chi connectivity index (χ1v) is 9.17. The van der Waals surface area contributed by atoms with Crippen LogP contribution in [0.2, 0.25) is 0 Å². The Morgan fingerprint density at radius 3 is 2.92 bits per heavy atom. The van der Waals surface area contributed by atoms with E-state index in [1.807, 2.05) is 24.3 Å². The van der Waals surface area contributed by atoms with E-state index in [0.717, 1.165) is 11.4 Å². The molecule has 1 N–H and O–H groups in total. The molecular weight excluding hydrogens is 373 g/mol. The van der Waals surface area contributed by atoms with E-state index in [0.29, 0.717) is 25.4 Å². The highest BCUT2D eigenvalue weighted by Crippen LogP contribution is 2.35. The minimum Gasteiger partial charge on any atom is -0.497 e. The number of methoxy groups -OCH3 is 1. The minimum absolute atomic E-state index is 0.327. The Morgan fingerprint density at radius 2 is 2.04 bits per heavy atom. The fraction of sp³-hybridized carbons (Fsp3) is 0.0588. The molecule has 0 aliphatic carbocycles. The summed E-state index contributed by atoms with van der Waals surface area (Å²) in [5, 5.41) is 13.4. The van der Waals surface area contributed by atoms with Crippen molar-refractivity contribution in [2.45, 2.75) is 9.37 Å². The number of hydrogen-bond donors (Lipinski definition) is 1. The van der Waals surface area contributed by atoms with E-state index in [9.17, 15) is 4.39 Å². The number of benzene rings is 2. The van der Waals surface area contributed by atoms with Crippen LogP contribution in [-0.4, -0.2) is 27.3 Å². The lowest BCUT2D eigenvalue weighted by Crippen LogP contribution is -1.90. The Hall–Kier alpha value is -2.78. The molecule has 0 unspecified atom stereocenters. The average Bonchev–Trinajstić information content (AvgIpc) is 3.09. The SMILES string of the molecule is COc1cccc(Nc2nnc(Sc3ncnc4ccc(F)cc34)s2)c1. The zero-order chi connectivity index (χ0) is 17.9. The van der Waals surface area contributed by atoms with E-state index in [4.69, 9.17) is 4.74 Å². The Kier molecular flexibility index (Phi) is 4.63. The van der Waals surface area contributed by atoms with Crippen LogP contribution >= 0.6 is 23.1 Å². The molecule has 4 rings (SSSR count). The molecule has 9 heteroatoms. The maximum Gasteiger partial charge on any atom is 0.210 e. The molecule has 0 aliphatic heterocycles. The van der Waals surface area contributed by atoms with Gasteiger partial charge >= 0.3 is 0 Å². The van der Waals surface area contributed by atoms with Gasteiger partial charge in [0.15, 0.2) is 4.34 Å². The third kappa shape index (κ3) is 3.58. The second-order valence-electron chi connectivity index (χ2n) is 5.17. The normalized spacial score (nSPS) is 10.8. The molecule has 0 aliphatic rings. The predicted octanol–water partition coefficient (Wildman–Crippen LogP) is 4.52. The van der Waals surface area contributed by atoms with Crippen LogP contribution in [0.5, 0.6) is 5.75 Å². The van der Waals surface area contributed by atoms with Gasteiger partial charge in [-0.1, -0.05) is 17.4 Å². The van der Waals surface area contributed by atoms with E-state index in [1.165, 1.54) is 41.6 Å². The maximum absolute atomic E-state index is 13.6. The highest BCUT2D eigenvalue weighted by molar-refractivity contribution is 8.01. The van der Waals surface area contributed by atoms with Gasteiger partial charge in [-0.2, -0.15) is 0 Å². The molecule has 0 saturated heterocycles. The molecule has 0 fully saturated rings. The zero-order valence-corrected chi connectivity index (χ0v) is 15.1. The second-order valence-corrected chi connectivity index (χ2v) is 7.39. The topological polar surface area (TPSA) is 72.8 Å². The lowest BCUT2D eigenvalue weighted by atomic mass is 10.2. The minimum atomic E-state index is -0.327. The van der Waals surface area contributed by atoms with Crippen molar-refractivity contribution in [2.75, 3.05) is 12.4 Å². The van der Waals surface area contributed by atoms with E-state index in [1.54, 1.807) is 13.2 Å². The van der Waals surface area contributed by atoms with Gasteiger partial charge in [-0.05, 0) is 42.1 Å². The Labute approximate surface area is 156 Å². The summed E-state index contributed by atoms with van der Waals surface area (Å²) < 4.78 is 19.5. The summed E-state index contributed by atoms with van der Waals surface area (Å²) in [4.78, 5) is 8.40. The van der Waals surface area contributed by atoms with Crippen molar-refractivity contribution in [3.8, 4) is 5.75 Å². The monoisotopic (exact) mass is 385 g/mol. The van der Waals surface area contributed by atoms with Gasteiger partial charge in [-0.25, -0.2) is 14.4 Å². The van der Waals surface area contributed by atoms with E-state index in [-0.39, 0.29) is 5.82 Å². The molecule has 2 aromatic heterocycles. The second kappa shape index (κ2) is 7.22. The van der Waals surface area contributed by atoms with Gasteiger partial charge in [0.2, 0.25) is 5.13 Å². The van der Waals surface area contributed by atoms with Crippen LogP contribution in [0.15, 0.2) is 58.2 Å². The van der Waals surface area contributed by atoms with Crippen molar-refractivity contribution in [2.24, 2.45) is 0 Å². The van der Waals surface area contributed by atoms with Gasteiger partial charge in [-0.3, -0.25) is 0 Å². The molecule has 0 radical (unpaired) electrons. The Morgan fingerprint density at radius 1 is 1.12 bits per heavy atom. The Bertz CT molecular complexity index is 1070.